The molecule has 0 aliphatic carbocycles. The summed E-state index contributed by atoms with van der Waals surface area (Å²) >= 11 is 5.92. The van der Waals surface area contributed by atoms with Crippen LogP contribution in [0.1, 0.15) is 19.8 Å². The number of methoxy groups -OCH3 is 1. The molecular formula is C24H29ClFN5O2. The van der Waals surface area contributed by atoms with Crippen molar-refractivity contribution < 1.29 is 13.9 Å². The van der Waals surface area contributed by atoms with Gasteiger partial charge in [0.05, 0.1) is 24.3 Å². The van der Waals surface area contributed by atoms with Crippen LogP contribution in [-0.2, 0) is 0 Å². The van der Waals surface area contributed by atoms with Gasteiger partial charge in [-0.25, -0.2) is 14.4 Å². The van der Waals surface area contributed by atoms with Gasteiger partial charge in [0.1, 0.15) is 18.0 Å². The quantitative estimate of drug-likeness (QED) is 0.439. The summed E-state index contributed by atoms with van der Waals surface area (Å²) in [4.78, 5) is 11.2. The van der Waals surface area contributed by atoms with Gasteiger partial charge in [0.25, 0.3) is 0 Å². The maximum absolute atomic E-state index is 13.5. The van der Waals surface area contributed by atoms with Crippen LogP contribution in [0.5, 0.6) is 11.5 Å². The third-order valence-corrected chi connectivity index (χ3v) is 6.35. The first-order valence-electron chi connectivity index (χ1n) is 11.1. The molecule has 2 N–H and O–H groups in total. The topological polar surface area (TPSA) is 71.5 Å². The van der Waals surface area contributed by atoms with E-state index in [0.29, 0.717) is 47.2 Å². The van der Waals surface area contributed by atoms with Gasteiger partial charge in [-0.1, -0.05) is 11.6 Å². The lowest BCUT2D eigenvalue weighted by atomic mass is 10.2. The predicted octanol–water partition coefficient (Wildman–Crippen LogP) is 4.63. The number of halogens is 2. The van der Waals surface area contributed by atoms with E-state index in [2.05, 4.69) is 32.4 Å². The fourth-order valence-electron chi connectivity index (χ4n) is 4.22. The standard InChI is InChI=1S/C24H29ClFN5O2/c1-15-9-17(27-2)13-31(15)7-4-8-33-23-11-18-21(12-22(23)32-3)28-14-29-24(18)30-16-5-6-20(26)19(25)10-16/h5-6,10-12,14-15,17,27H,4,7-9,13H2,1-3H3,(H,28,29,30). The predicted molar refractivity (Wildman–Crippen MR) is 129 cm³/mol. The van der Waals surface area contributed by atoms with E-state index in [9.17, 15) is 4.39 Å². The summed E-state index contributed by atoms with van der Waals surface area (Å²) in [5.74, 6) is 1.34. The van der Waals surface area contributed by atoms with Crippen LogP contribution < -0.4 is 20.1 Å². The normalized spacial score (nSPS) is 18.6. The number of likely N-dealkylation sites (tertiary alicyclic amines) is 1. The van der Waals surface area contributed by atoms with E-state index in [-0.39, 0.29) is 5.02 Å². The Kier molecular flexibility index (Phi) is 7.47. The van der Waals surface area contributed by atoms with Gasteiger partial charge in [0, 0.05) is 42.3 Å². The minimum Gasteiger partial charge on any atom is -0.493 e. The van der Waals surface area contributed by atoms with Gasteiger partial charge in [-0.15, -0.1) is 0 Å². The van der Waals surface area contributed by atoms with Gasteiger partial charge in [-0.05, 0) is 51.1 Å². The van der Waals surface area contributed by atoms with Crippen LogP contribution in [0.2, 0.25) is 5.02 Å². The highest BCUT2D eigenvalue weighted by Gasteiger charge is 2.27. The minimum absolute atomic E-state index is 0.0393. The van der Waals surface area contributed by atoms with Crippen molar-refractivity contribution in [2.75, 3.05) is 39.2 Å². The van der Waals surface area contributed by atoms with Crippen LogP contribution in [0.25, 0.3) is 10.9 Å². The molecule has 2 atom stereocenters. The van der Waals surface area contributed by atoms with Crippen LogP contribution in [0, 0.1) is 5.82 Å². The van der Waals surface area contributed by atoms with Crippen molar-refractivity contribution in [3.63, 3.8) is 0 Å². The van der Waals surface area contributed by atoms with Crippen LogP contribution >= 0.6 is 11.6 Å². The number of aromatic nitrogens is 2. The minimum atomic E-state index is -0.472. The third kappa shape index (κ3) is 5.46. The molecule has 4 rings (SSSR count). The van der Waals surface area contributed by atoms with Crippen molar-refractivity contribution in [2.24, 2.45) is 0 Å². The van der Waals surface area contributed by atoms with Gasteiger partial charge in [0.15, 0.2) is 11.5 Å². The average Bonchev–Trinajstić information content (AvgIpc) is 3.18. The van der Waals surface area contributed by atoms with Crippen molar-refractivity contribution in [1.29, 1.82) is 0 Å². The smallest absolute Gasteiger partial charge is 0.162 e. The van der Waals surface area contributed by atoms with Crippen molar-refractivity contribution in [3.8, 4) is 11.5 Å². The molecule has 2 unspecified atom stereocenters. The van der Waals surface area contributed by atoms with Crippen LogP contribution in [0.4, 0.5) is 15.9 Å². The maximum atomic E-state index is 13.5. The summed E-state index contributed by atoms with van der Waals surface area (Å²) in [6.07, 6.45) is 3.54. The van der Waals surface area contributed by atoms with Gasteiger partial charge in [0.2, 0.25) is 0 Å². The molecule has 3 aromatic rings. The van der Waals surface area contributed by atoms with Crippen molar-refractivity contribution in [2.45, 2.75) is 31.8 Å². The molecule has 1 aromatic heterocycles. The molecule has 0 amide bonds. The number of fused-ring (bicyclic) bond motifs is 1. The second-order valence-electron chi connectivity index (χ2n) is 8.26. The van der Waals surface area contributed by atoms with E-state index in [4.69, 9.17) is 21.1 Å². The van der Waals surface area contributed by atoms with E-state index in [0.717, 1.165) is 24.9 Å². The van der Waals surface area contributed by atoms with E-state index in [1.807, 2.05) is 19.2 Å². The molecule has 2 heterocycles. The summed E-state index contributed by atoms with van der Waals surface area (Å²) < 4.78 is 25.1. The first kappa shape index (κ1) is 23.5. The second-order valence-corrected chi connectivity index (χ2v) is 8.67. The number of nitrogens with one attached hydrogen (secondary N) is 2. The van der Waals surface area contributed by atoms with Crippen molar-refractivity contribution in [1.82, 2.24) is 20.2 Å². The second kappa shape index (κ2) is 10.5. The van der Waals surface area contributed by atoms with Gasteiger partial charge in [-0.2, -0.15) is 0 Å². The number of rotatable bonds is 9. The Morgan fingerprint density at radius 3 is 2.79 bits per heavy atom. The molecule has 9 heteroatoms. The number of benzene rings is 2. The van der Waals surface area contributed by atoms with E-state index in [1.165, 1.54) is 24.9 Å². The Morgan fingerprint density at radius 1 is 1.21 bits per heavy atom. The number of hydrogen-bond donors (Lipinski definition) is 2. The fraction of sp³-hybridized carbons (Fsp3) is 0.417. The number of ether oxygens (including phenoxy) is 2. The third-order valence-electron chi connectivity index (χ3n) is 6.06. The summed E-state index contributed by atoms with van der Waals surface area (Å²) in [7, 11) is 3.63. The highest BCUT2D eigenvalue weighted by atomic mass is 35.5. The summed E-state index contributed by atoms with van der Waals surface area (Å²) in [5.41, 5.74) is 1.33. The van der Waals surface area contributed by atoms with Gasteiger partial charge < -0.3 is 20.1 Å². The highest BCUT2D eigenvalue weighted by Crippen LogP contribution is 2.35. The molecule has 0 radical (unpaired) electrons. The summed E-state index contributed by atoms with van der Waals surface area (Å²) in [6, 6.07) is 9.27. The van der Waals surface area contributed by atoms with Gasteiger partial charge >= 0.3 is 0 Å². The van der Waals surface area contributed by atoms with E-state index in [1.54, 1.807) is 13.2 Å². The first-order valence-corrected chi connectivity index (χ1v) is 11.4. The molecule has 1 saturated heterocycles. The lowest BCUT2D eigenvalue weighted by Gasteiger charge is -2.21. The summed E-state index contributed by atoms with van der Waals surface area (Å²) in [6.45, 7) is 4.89. The van der Waals surface area contributed by atoms with Crippen LogP contribution in [0.15, 0.2) is 36.7 Å². The Hall–Kier alpha value is -2.68. The first-order chi connectivity index (χ1) is 16.0. The zero-order valence-electron chi connectivity index (χ0n) is 19.1. The summed E-state index contributed by atoms with van der Waals surface area (Å²) in [5, 5.41) is 7.36. The molecule has 33 heavy (non-hydrogen) atoms. The largest absolute Gasteiger partial charge is 0.493 e. The molecular weight excluding hydrogens is 445 g/mol. The monoisotopic (exact) mass is 473 g/mol. The molecule has 0 saturated carbocycles. The number of hydrogen-bond acceptors (Lipinski definition) is 7. The van der Waals surface area contributed by atoms with Gasteiger partial charge in [-0.3, -0.25) is 4.90 Å². The Morgan fingerprint density at radius 2 is 2.06 bits per heavy atom. The lowest BCUT2D eigenvalue weighted by Crippen LogP contribution is -2.32. The SMILES string of the molecule is CNC1CC(C)N(CCCOc2cc3c(Nc4ccc(F)c(Cl)c4)ncnc3cc2OC)C1. The molecule has 2 aromatic carbocycles. The molecule has 1 aliphatic rings. The molecule has 1 fully saturated rings. The van der Waals surface area contributed by atoms with E-state index >= 15 is 0 Å². The highest BCUT2D eigenvalue weighted by molar-refractivity contribution is 6.31. The number of nitrogens with zero attached hydrogens (tertiary/aromatic N) is 3. The lowest BCUT2D eigenvalue weighted by molar-refractivity contribution is 0.224. The van der Waals surface area contributed by atoms with E-state index < -0.39 is 5.82 Å². The fourth-order valence-corrected chi connectivity index (χ4v) is 4.40. The molecule has 7 nitrogen and oxygen atoms in total. The number of anilines is 2. The molecule has 0 bridgehead atoms. The molecule has 0 spiro atoms. The maximum Gasteiger partial charge on any atom is 0.162 e. The van der Waals surface area contributed by atoms with Crippen molar-refractivity contribution >= 4 is 34.0 Å². The zero-order valence-corrected chi connectivity index (χ0v) is 19.8. The van der Waals surface area contributed by atoms with Crippen LogP contribution in [-0.4, -0.2) is 60.8 Å². The Bertz CT molecular complexity index is 1120. The molecule has 176 valence electrons. The van der Waals surface area contributed by atoms with Crippen molar-refractivity contribution in [3.05, 3.63) is 47.5 Å². The molecule has 1 aliphatic heterocycles. The zero-order chi connectivity index (χ0) is 23.4. The van der Waals surface area contributed by atoms with Crippen LogP contribution in [0.3, 0.4) is 0 Å². The number of likely N-dealkylation sites (N-methyl/N-ethyl adjacent to an activating group) is 1. The Labute approximate surface area is 198 Å². The Balaban J connectivity index is 1.48. The average molecular weight is 474 g/mol.